The molecule has 1 aliphatic carbocycles. The van der Waals surface area contributed by atoms with Gasteiger partial charge < -0.3 is 4.98 Å². The van der Waals surface area contributed by atoms with Crippen molar-refractivity contribution in [1.29, 1.82) is 0 Å². The molecule has 0 aromatic carbocycles. The van der Waals surface area contributed by atoms with E-state index in [0.29, 0.717) is 18.0 Å². The first kappa shape index (κ1) is 10.0. The Hall–Kier alpha value is -1.16. The smallest absolute Gasteiger partial charge is 0.255 e. The molecule has 16 heavy (non-hydrogen) atoms. The summed E-state index contributed by atoms with van der Waals surface area (Å²) in [6, 6.07) is 1.02. The Balaban J connectivity index is 2.06. The maximum Gasteiger partial charge on any atom is 0.255 e. The summed E-state index contributed by atoms with van der Waals surface area (Å²) < 4.78 is 0. The van der Waals surface area contributed by atoms with Crippen LogP contribution < -0.4 is 5.56 Å². The summed E-state index contributed by atoms with van der Waals surface area (Å²) in [6.07, 6.45) is 4.08. The van der Waals surface area contributed by atoms with Gasteiger partial charge >= 0.3 is 0 Å². The molecule has 1 N–H and O–H groups in total. The van der Waals surface area contributed by atoms with Crippen molar-refractivity contribution < 1.29 is 0 Å². The average Bonchev–Trinajstić information content (AvgIpc) is 2.99. The predicted molar refractivity (Wildman–Crippen MR) is 61.0 cm³/mol. The zero-order chi connectivity index (χ0) is 11.3. The zero-order valence-electron chi connectivity index (χ0n) is 9.73. The minimum Gasteiger partial charge on any atom is -0.313 e. The van der Waals surface area contributed by atoms with Crippen LogP contribution in [0.25, 0.3) is 0 Å². The van der Waals surface area contributed by atoms with Gasteiger partial charge in [0.05, 0.1) is 23.6 Å². The van der Waals surface area contributed by atoms with E-state index in [9.17, 15) is 4.79 Å². The van der Waals surface area contributed by atoms with Crippen LogP contribution in [0, 0.1) is 5.92 Å². The van der Waals surface area contributed by atoms with Crippen molar-refractivity contribution in [2.75, 3.05) is 0 Å². The van der Waals surface area contributed by atoms with Crippen molar-refractivity contribution in [3.8, 4) is 0 Å². The number of H-pyrrole nitrogens is 1. The van der Waals surface area contributed by atoms with E-state index in [4.69, 9.17) is 0 Å². The summed E-state index contributed by atoms with van der Waals surface area (Å²) in [7, 11) is 0. The number of nitrogens with zero attached hydrogens (tertiary/aromatic N) is 2. The molecule has 0 amide bonds. The Bertz CT molecular complexity index is 462. The lowest BCUT2D eigenvalue weighted by Gasteiger charge is -2.27. The molecule has 4 nitrogen and oxygen atoms in total. The lowest BCUT2D eigenvalue weighted by Crippen LogP contribution is -2.28. The van der Waals surface area contributed by atoms with E-state index < -0.39 is 0 Å². The molecular weight excluding hydrogens is 202 g/mol. The summed E-state index contributed by atoms with van der Waals surface area (Å²) in [6.45, 7) is 5.20. The predicted octanol–water partition coefficient (Wildman–Crippen LogP) is 1.45. The van der Waals surface area contributed by atoms with Crippen molar-refractivity contribution in [2.45, 2.75) is 45.3 Å². The van der Waals surface area contributed by atoms with E-state index >= 15 is 0 Å². The van der Waals surface area contributed by atoms with Gasteiger partial charge in [0, 0.05) is 12.6 Å². The molecule has 4 heteroatoms. The third-order valence-corrected chi connectivity index (χ3v) is 3.61. The molecule has 86 valence electrons. The Morgan fingerprint density at radius 2 is 2.25 bits per heavy atom. The lowest BCUT2D eigenvalue weighted by atomic mass is 10.0. The number of hydrogen-bond acceptors (Lipinski definition) is 3. The highest BCUT2D eigenvalue weighted by Gasteiger charge is 2.42. The molecule has 0 radical (unpaired) electrons. The number of aromatic amines is 1. The van der Waals surface area contributed by atoms with Gasteiger partial charge in [-0.05, 0) is 18.8 Å². The fourth-order valence-corrected chi connectivity index (χ4v) is 2.75. The van der Waals surface area contributed by atoms with Gasteiger partial charge in [-0.3, -0.25) is 9.69 Å². The standard InChI is InChI=1S/C12H17N3O/c1-7(2)11-10-9(12(16)14-6-13-10)5-15(11)8-3-4-8/h6-8,11H,3-5H2,1-2H3,(H,13,14,16). The monoisotopic (exact) mass is 219 g/mol. The Morgan fingerprint density at radius 3 is 2.88 bits per heavy atom. The van der Waals surface area contributed by atoms with Crippen LogP contribution in [0.2, 0.25) is 0 Å². The van der Waals surface area contributed by atoms with Crippen molar-refractivity contribution in [2.24, 2.45) is 5.92 Å². The summed E-state index contributed by atoms with van der Waals surface area (Å²) in [5.41, 5.74) is 1.93. The molecule has 1 fully saturated rings. The maximum absolute atomic E-state index is 11.7. The highest BCUT2D eigenvalue weighted by molar-refractivity contribution is 5.26. The largest absolute Gasteiger partial charge is 0.313 e. The van der Waals surface area contributed by atoms with Crippen molar-refractivity contribution >= 4 is 0 Å². The van der Waals surface area contributed by atoms with Crippen LogP contribution in [-0.2, 0) is 6.54 Å². The number of aromatic nitrogens is 2. The van der Waals surface area contributed by atoms with E-state index in [0.717, 1.165) is 17.8 Å². The molecule has 3 rings (SSSR count). The van der Waals surface area contributed by atoms with Crippen LogP contribution in [0.3, 0.4) is 0 Å². The Labute approximate surface area is 94.7 Å². The van der Waals surface area contributed by atoms with Crippen LogP contribution in [0.15, 0.2) is 11.1 Å². The molecule has 1 aliphatic heterocycles. The number of rotatable bonds is 2. The van der Waals surface area contributed by atoms with Gasteiger partial charge in [0.15, 0.2) is 0 Å². The minimum absolute atomic E-state index is 0.0406. The van der Waals surface area contributed by atoms with Gasteiger partial charge in [-0.25, -0.2) is 4.98 Å². The fourth-order valence-electron chi connectivity index (χ4n) is 2.75. The first-order valence-corrected chi connectivity index (χ1v) is 6.00. The normalized spacial score (nSPS) is 25.1. The van der Waals surface area contributed by atoms with Gasteiger partial charge in [-0.2, -0.15) is 0 Å². The molecule has 1 atom stereocenters. The molecule has 0 bridgehead atoms. The summed E-state index contributed by atoms with van der Waals surface area (Å²) in [5, 5.41) is 0. The van der Waals surface area contributed by atoms with E-state index in [1.165, 1.54) is 19.2 Å². The first-order chi connectivity index (χ1) is 7.68. The van der Waals surface area contributed by atoms with E-state index in [-0.39, 0.29) is 5.56 Å². The van der Waals surface area contributed by atoms with Crippen LogP contribution in [0.1, 0.15) is 44.0 Å². The van der Waals surface area contributed by atoms with Crippen molar-refractivity contribution in [3.63, 3.8) is 0 Å². The topological polar surface area (TPSA) is 49.0 Å². The molecular formula is C12H17N3O. The lowest BCUT2D eigenvalue weighted by molar-refractivity contribution is 0.160. The van der Waals surface area contributed by atoms with Crippen LogP contribution in [0.4, 0.5) is 0 Å². The quantitative estimate of drug-likeness (QED) is 0.819. The highest BCUT2D eigenvalue weighted by Crippen LogP contribution is 2.43. The van der Waals surface area contributed by atoms with Crippen LogP contribution in [-0.4, -0.2) is 20.9 Å². The van der Waals surface area contributed by atoms with Gasteiger partial charge in [0.25, 0.3) is 5.56 Å². The Kier molecular flexibility index (Phi) is 2.14. The Morgan fingerprint density at radius 1 is 1.50 bits per heavy atom. The number of fused-ring (bicyclic) bond motifs is 1. The van der Waals surface area contributed by atoms with E-state index in [1.54, 1.807) is 0 Å². The molecule has 1 aromatic rings. The van der Waals surface area contributed by atoms with Crippen molar-refractivity contribution in [1.82, 2.24) is 14.9 Å². The average molecular weight is 219 g/mol. The van der Waals surface area contributed by atoms with E-state index in [1.807, 2.05) is 0 Å². The van der Waals surface area contributed by atoms with E-state index in [2.05, 4.69) is 28.7 Å². The van der Waals surface area contributed by atoms with Crippen LogP contribution in [0.5, 0.6) is 0 Å². The molecule has 2 aliphatic rings. The minimum atomic E-state index is 0.0406. The molecule has 0 spiro atoms. The maximum atomic E-state index is 11.7. The third-order valence-electron chi connectivity index (χ3n) is 3.61. The summed E-state index contributed by atoms with van der Waals surface area (Å²) >= 11 is 0. The molecule has 2 heterocycles. The van der Waals surface area contributed by atoms with Gasteiger partial charge in [0.2, 0.25) is 0 Å². The second kappa shape index (κ2) is 3.42. The molecule has 1 unspecified atom stereocenters. The SMILES string of the molecule is CC(C)C1c2nc[nH]c(=O)c2CN1C1CC1. The van der Waals surface area contributed by atoms with Gasteiger partial charge in [-0.1, -0.05) is 13.8 Å². The number of nitrogens with one attached hydrogen (secondary N) is 1. The molecule has 1 saturated carbocycles. The molecule has 1 aromatic heterocycles. The molecule has 0 saturated heterocycles. The van der Waals surface area contributed by atoms with Crippen LogP contribution >= 0.6 is 0 Å². The van der Waals surface area contributed by atoms with Gasteiger partial charge in [-0.15, -0.1) is 0 Å². The highest BCUT2D eigenvalue weighted by atomic mass is 16.1. The summed E-state index contributed by atoms with van der Waals surface area (Å²) in [5.74, 6) is 0.510. The first-order valence-electron chi connectivity index (χ1n) is 6.00. The fraction of sp³-hybridized carbons (Fsp3) is 0.667. The number of hydrogen-bond donors (Lipinski definition) is 1. The zero-order valence-corrected chi connectivity index (χ0v) is 9.73. The second-order valence-electron chi connectivity index (χ2n) is 5.19. The second-order valence-corrected chi connectivity index (χ2v) is 5.19. The van der Waals surface area contributed by atoms with Crippen molar-refractivity contribution in [3.05, 3.63) is 27.9 Å². The summed E-state index contributed by atoms with van der Waals surface area (Å²) in [4.78, 5) is 21.3. The third kappa shape index (κ3) is 1.40. The van der Waals surface area contributed by atoms with Gasteiger partial charge in [0.1, 0.15) is 0 Å².